The van der Waals surface area contributed by atoms with Crippen LogP contribution in [0, 0.1) is 0 Å². The van der Waals surface area contributed by atoms with E-state index in [2.05, 4.69) is 10.0 Å². The standard InChI is InChI=1S/C31H38N2O10S.ClH/c1-19(2)40-30(36)42-24-11-6-21(7-12-24)26(22-8-13-25(14-9-22)43-31(37)41-20(3)4)17-32-18-29(35)23-10-15-28(34)27(16-23)33-44(5,38)39;/h6-16,19-20,26,29,32-35H,17-18H2,1-5H3;1H/t29-;/m0./s1. The van der Waals surface area contributed by atoms with Crippen LogP contribution in [0.4, 0.5) is 15.3 Å². The smallest absolute Gasteiger partial charge is 0.506 e. The second-order valence-corrected chi connectivity index (χ2v) is 12.3. The van der Waals surface area contributed by atoms with E-state index >= 15 is 0 Å². The van der Waals surface area contributed by atoms with Crippen LogP contribution in [0.3, 0.4) is 0 Å². The summed E-state index contributed by atoms with van der Waals surface area (Å²) in [6, 6.07) is 17.9. The predicted octanol–water partition coefficient (Wildman–Crippen LogP) is 5.49. The maximum absolute atomic E-state index is 11.9. The zero-order valence-corrected chi connectivity index (χ0v) is 27.2. The third kappa shape index (κ3) is 12.5. The number of phenols is 1. The summed E-state index contributed by atoms with van der Waals surface area (Å²) in [6.45, 7) is 7.33. The first-order chi connectivity index (χ1) is 20.7. The Hall–Kier alpha value is -4.04. The second-order valence-electron chi connectivity index (χ2n) is 10.6. The minimum Gasteiger partial charge on any atom is -0.506 e. The van der Waals surface area contributed by atoms with E-state index in [-0.39, 0.29) is 48.5 Å². The molecule has 0 spiro atoms. The number of nitrogens with one attached hydrogen (secondary N) is 2. The number of sulfonamides is 1. The van der Waals surface area contributed by atoms with Gasteiger partial charge in [0.25, 0.3) is 0 Å². The van der Waals surface area contributed by atoms with Crippen LogP contribution in [0.25, 0.3) is 0 Å². The molecule has 0 unspecified atom stereocenters. The number of hydrogen-bond acceptors (Lipinski definition) is 11. The normalized spacial score (nSPS) is 11.9. The largest absolute Gasteiger partial charge is 0.514 e. The molecule has 0 aliphatic carbocycles. The Labute approximate surface area is 269 Å². The van der Waals surface area contributed by atoms with Crippen molar-refractivity contribution in [3.05, 3.63) is 83.4 Å². The molecule has 0 saturated carbocycles. The van der Waals surface area contributed by atoms with E-state index in [0.29, 0.717) is 23.6 Å². The van der Waals surface area contributed by atoms with Crippen LogP contribution in [0.2, 0.25) is 0 Å². The maximum Gasteiger partial charge on any atom is 0.514 e. The van der Waals surface area contributed by atoms with Gasteiger partial charge < -0.3 is 34.5 Å². The van der Waals surface area contributed by atoms with E-state index in [9.17, 15) is 28.2 Å². The Morgan fingerprint density at radius 2 is 1.20 bits per heavy atom. The summed E-state index contributed by atoms with van der Waals surface area (Å²) in [5.74, 6) is 0.0894. The fourth-order valence-corrected chi connectivity index (χ4v) is 4.68. The van der Waals surface area contributed by atoms with Crippen molar-refractivity contribution in [2.24, 2.45) is 0 Å². The maximum atomic E-state index is 11.9. The van der Waals surface area contributed by atoms with E-state index in [1.54, 1.807) is 76.2 Å². The fraction of sp³-hybridized carbons (Fsp3) is 0.355. The molecule has 0 bridgehead atoms. The molecule has 0 radical (unpaired) electrons. The molecule has 0 aromatic heterocycles. The van der Waals surface area contributed by atoms with Gasteiger partial charge in [-0.3, -0.25) is 4.72 Å². The number of phenolic OH excluding ortho intramolecular Hbond substituents is 1. The Morgan fingerprint density at radius 3 is 1.62 bits per heavy atom. The zero-order chi connectivity index (χ0) is 32.4. The summed E-state index contributed by atoms with van der Waals surface area (Å²) < 4.78 is 46.0. The molecule has 246 valence electrons. The van der Waals surface area contributed by atoms with E-state index < -0.39 is 28.4 Å². The van der Waals surface area contributed by atoms with Crippen LogP contribution < -0.4 is 19.5 Å². The van der Waals surface area contributed by atoms with E-state index in [1.807, 2.05) is 0 Å². The summed E-state index contributed by atoms with van der Waals surface area (Å²) >= 11 is 0. The molecule has 1 atom stereocenters. The van der Waals surface area contributed by atoms with Gasteiger partial charge in [0, 0.05) is 19.0 Å². The van der Waals surface area contributed by atoms with Gasteiger partial charge in [-0.1, -0.05) is 30.3 Å². The molecule has 3 aromatic rings. The Bertz CT molecular complexity index is 1450. The summed E-state index contributed by atoms with van der Waals surface area (Å²) in [7, 11) is -3.64. The Balaban J connectivity index is 0.00000705. The number of rotatable bonds is 13. The Morgan fingerprint density at radius 1 is 0.756 bits per heavy atom. The van der Waals surface area contributed by atoms with Crippen molar-refractivity contribution in [1.29, 1.82) is 0 Å². The third-order valence-corrected chi connectivity index (χ3v) is 6.61. The lowest BCUT2D eigenvalue weighted by atomic mass is 9.91. The van der Waals surface area contributed by atoms with Gasteiger partial charge in [0.05, 0.1) is 30.3 Å². The molecule has 14 heteroatoms. The van der Waals surface area contributed by atoms with Crippen LogP contribution in [-0.2, 0) is 19.5 Å². The van der Waals surface area contributed by atoms with Crippen molar-refractivity contribution in [2.75, 3.05) is 24.1 Å². The van der Waals surface area contributed by atoms with Crippen LogP contribution >= 0.6 is 12.4 Å². The molecule has 0 fully saturated rings. The lowest BCUT2D eigenvalue weighted by molar-refractivity contribution is 0.0717. The number of carbonyl (C=O) groups is 2. The topological polar surface area (TPSA) is 170 Å². The Kier molecular flexibility index (Phi) is 13.9. The molecular weight excluding hydrogens is 628 g/mol. The molecular formula is C31H39ClN2O10S. The second kappa shape index (κ2) is 16.9. The highest BCUT2D eigenvalue weighted by Crippen LogP contribution is 2.30. The van der Waals surface area contributed by atoms with E-state index in [1.165, 1.54) is 18.2 Å². The molecule has 0 aliphatic heterocycles. The number of aromatic hydroxyl groups is 1. The minimum absolute atomic E-state index is 0. The van der Waals surface area contributed by atoms with Crippen molar-refractivity contribution in [3.63, 3.8) is 0 Å². The highest BCUT2D eigenvalue weighted by Gasteiger charge is 2.19. The third-order valence-electron chi connectivity index (χ3n) is 6.02. The molecule has 4 N–H and O–H groups in total. The van der Waals surface area contributed by atoms with Crippen LogP contribution in [0.15, 0.2) is 66.7 Å². The fourth-order valence-electron chi connectivity index (χ4n) is 4.11. The summed E-state index contributed by atoms with van der Waals surface area (Å²) in [5.41, 5.74) is 2.06. The van der Waals surface area contributed by atoms with Crippen molar-refractivity contribution >= 4 is 40.4 Å². The van der Waals surface area contributed by atoms with Gasteiger partial charge in [0.1, 0.15) is 17.2 Å². The lowest BCUT2D eigenvalue weighted by Gasteiger charge is -2.21. The number of carbonyl (C=O) groups excluding carboxylic acids is 2. The molecule has 0 heterocycles. The minimum atomic E-state index is -3.64. The molecule has 12 nitrogen and oxygen atoms in total. The molecule has 0 saturated heterocycles. The van der Waals surface area contributed by atoms with Crippen molar-refractivity contribution in [2.45, 2.75) is 51.9 Å². The van der Waals surface area contributed by atoms with Gasteiger partial charge in [-0.15, -0.1) is 12.4 Å². The quantitative estimate of drug-likeness (QED) is 0.103. The predicted molar refractivity (Wildman–Crippen MR) is 171 cm³/mol. The van der Waals surface area contributed by atoms with Crippen LogP contribution in [0.1, 0.15) is 56.4 Å². The number of anilines is 1. The van der Waals surface area contributed by atoms with Gasteiger partial charge in [-0.05, 0) is 80.8 Å². The lowest BCUT2D eigenvalue weighted by Crippen LogP contribution is -2.27. The van der Waals surface area contributed by atoms with Crippen molar-refractivity contribution < 1.29 is 47.2 Å². The first kappa shape index (κ1) is 37.1. The van der Waals surface area contributed by atoms with Crippen molar-refractivity contribution in [3.8, 4) is 17.2 Å². The van der Waals surface area contributed by atoms with Gasteiger partial charge in [0.2, 0.25) is 10.0 Å². The van der Waals surface area contributed by atoms with E-state index in [4.69, 9.17) is 18.9 Å². The van der Waals surface area contributed by atoms with Crippen molar-refractivity contribution in [1.82, 2.24) is 5.32 Å². The number of benzene rings is 3. The average Bonchev–Trinajstić information content (AvgIpc) is 2.92. The summed E-state index contributed by atoms with van der Waals surface area (Å²) in [4.78, 5) is 23.8. The summed E-state index contributed by atoms with van der Waals surface area (Å²) in [6.07, 6.45) is -2.33. The first-order valence-corrected chi connectivity index (χ1v) is 15.8. The number of aliphatic hydroxyl groups is 1. The highest BCUT2D eigenvalue weighted by atomic mass is 35.5. The van der Waals surface area contributed by atoms with Crippen LogP contribution in [-0.4, -0.2) is 62.5 Å². The monoisotopic (exact) mass is 666 g/mol. The number of halogens is 1. The summed E-state index contributed by atoms with van der Waals surface area (Å²) in [5, 5.41) is 24.0. The highest BCUT2D eigenvalue weighted by molar-refractivity contribution is 7.92. The van der Waals surface area contributed by atoms with Crippen LogP contribution in [0.5, 0.6) is 17.2 Å². The molecule has 0 aliphatic rings. The zero-order valence-electron chi connectivity index (χ0n) is 25.6. The molecule has 3 rings (SSSR count). The first-order valence-electron chi connectivity index (χ1n) is 13.9. The number of ether oxygens (including phenoxy) is 4. The van der Waals surface area contributed by atoms with Gasteiger partial charge in [-0.25, -0.2) is 18.0 Å². The van der Waals surface area contributed by atoms with Gasteiger partial charge in [0.15, 0.2) is 0 Å². The number of aliphatic hydroxyl groups excluding tert-OH is 1. The van der Waals surface area contributed by atoms with E-state index in [0.717, 1.165) is 17.4 Å². The molecule has 45 heavy (non-hydrogen) atoms. The average molecular weight is 667 g/mol. The molecule has 3 aromatic carbocycles. The van der Waals surface area contributed by atoms with Gasteiger partial charge >= 0.3 is 12.3 Å². The van der Waals surface area contributed by atoms with Gasteiger partial charge in [-0.2, -0.15) is 0 Å². The SMILES string of the molecule is CC(C)OC(=O)Oc1ccc(C(CNC[C@H](O)c2ccc(O)c(NS(C)(=O)=O)c2)c2ccc(OC(=O)OC(C)C)cc2)cc1.Cl. The molecule has 0 amide bonds. The number of hydrogen-bond donors (Lipinski definition) is 4.